The average Bonchev–Trinajstić information content (AvgIpc) is 3.34. The van der Waals surface area contributed by atoms with Crippen LogP contribution in [0.2, 0.25) is 5.02 Å². The van der Waals surface area contributed by atoms with Crippen molar-refractivity contribution in [1.29, 1.82) is 5.26 Å². The molecule has 0 radical (unpaired) electrons. The third-order valence-corrected chi connectivity index (χ3v) is 6.85. The van der Waals surface area contributed by atoms with Crippen LogP contribution in [0, 0.1) is 11.3 Å². The van der Waals surface area contributed by atoms with E-state index in [1.165, 1.54) is 0 Å². The SMILES string of the molecule is CC(C)OC(=O)N1[C@H]2CC[C@H]1CC(n1ccc3c(Nc4ccc(C#N)cc4Cl)cnnc31)C2. The number of amides is 1. The van der Waals surface area contributed by atoms with Crippen molar-refractivity contribution in [2.75, 3.05) is 5.32 Å². The van der Waals surface area contributed by atoms with E-state index in [4.69, 9.17) is 21.6 Å². The van der Waals surface area contributed by atoms with E-state index in [1.54, 1.807) is 24.4 Å². The summed E-state index contributed by atoms with van der Waals surface area (Å²) >= 11 is 6.35. The van der Waals surface area contributed by atoms with Gasteiger partial charge in [-0.25, -0.2) is 4.79 Å². The van der Waals surface area contributed by atoms with Gasteiger partial charge in [-0.2, -0.15) is 10.4 Å². The average molecular weight is 465 g/mol. The van der Waals surface area contributed by atoms with E-state index in [1.807, 2.05) is 24.8 Å². The number of carbonyl (C=O) groups is 1. The highest BCUT2D eigenvalue weighted by Gasteiger charge is 2.45. The molecule has 2 aromatic heterocycles. The van der Waals surface area contributed by atoms with Gasteiger partial charge >= 0.3 is 6.09 Å². The van der Waals surface area contributed by atoms with Crippen LogP contribution in [0.15, 0.2) is 36.7 Å². The Hall–Kier alpha value is -3.31. The second kappa shape index (κ2) is 8.56. The van der Waals surface area contributed by atoms with E-state index in [0.717, 1.165) is 42.4 Å². The van der Waals surface area contributed by atoms with Gasteiger partial charge in [0.25, 0.3) is 0 Å². The maximum absolute atomic E-state index is 12.6. The zero-order valence-corrected chi connectivity index (χ0v) is 19.3. The van der Waals surface area contributed by atoms with Gasteiger partial charge in [0, 0.05) is 29.7 Å². The van der Waals surface area contributed by atoms with Crippen LogP contribution in [-0.4, -0.2) is 43.9 Å². The topological polar surface area (TPSA) is 96.1 Å². The highest BCUT2D eigenvalue weighted by atomic mass is 35.5. The summed E-state index contributed by atoms with van der Waals surface area (Å²) in [6.07, 6.45) is 7.16. The summed E-state index contributed by atoms with van der Waals surface area (Å²) in [4.78, 5) is 14.6. The minimum Gasteiger partial charge on any atom is -0.447 e. The molecule has 1 aromatic carbocycles. The van der Waals surface area contributed by atoms with E-state index >= 15 is 0 Å². The first kappa shape index (κ1) is 21.5. The molecule has 170 valence electrons. The minimum absolute atomic E-state index is 0.117. The molecular formula is C24H25ClN6O2. The summed E-state index contributed by atoms with van der Waals surface area (Å²) < 4.78 is 7.67. The molecular weight excluding hydrogens is 440 g/mol. The fourth-order valence-electron chi connectivity index (χ4n) is 5.13. The molecule has 2 atom stereocenters. The first-order valence-corrected chi connectivity index (χ1v) is 11.6. The van der Waals surface area contributed by atoms with Crippen molar-refractivity contribution in [1.82, 2.24) is 19.7 Å². The monoisotopic (exact) mass is 464 g/mol. The van der Waals surface area contributed by atoms with Gasteiger partial charge in [0.2, 0.25) is 0 Å². The molecule has 5 rings (SSSR count). The third kappa shape index (κ3) is 3.98. The largest absolute Gasteiger partial charge is 0.447 e. The molecule has 1 amide bonds. The number of piperidine rings is 1. The van der Waals surface area contributed by atoms with Gasteiger partial charge in [0.1, 0.15) is 0 Å². The Morgan fingerprint density at radius 2 is 1.97 bits per heavy atom. The smallest absolute Gasteiger partial charge is 0.410 e. The van der Waals surface area contributed by atoms with Crippen LogP contribution in [0.1, 0.15) is 51.1 Å². The number of fused-ring (bicyclic) bond motifs is 3. The van der Waals surface area contributed by atoms with Crippen LogP contribution in [0.25, 0.3) is 11.0 Å². The lowest BCUT2D eigenvalue weighted by Gasteiger charge is -2.39. The first-order chi connectivity index (χ1) is 15.9. The number of halogens is 1. The van der Waals surface area contributed by atoms with Gasteiger partial charge in [-0.1, -0.05) is 11.6 Å². The van der Waals surface area contributed by atoms with Crippen LogP contribution in [0.5, 0.6) is 0 Å². The number of anilines is 2. The minimum atomic E-state index is -0.195. The summed E-state index contributed by atoms with van der Waals surface area (Å²) in [5, 5.41) is 22.4. The van der Waals surface area contributed by atoms with Crippen LogP contribution in [0.3, 0.4) is 0 Å². The summed E-state index contributed by atoms with van der Waals surface area (Å²) in [5.41, 5.74) is 2.80. The van der Waals surface area contributed by atoms with E-state index in [0.29, 0.717) is 16.3 Å². The highest BCUT2D eigenvalue weighted by Crippen LogP contribution is 2.42. The summed E-state index contributed by atoms with van der Waals surface area (Å²) in [6, 6.07) is 9.87. The van der Waals surface area contributed by atoms with E-state index in [2.05, 4.69) is 32.3 Å². The van der Waals surface area contributed by atoms with Crippen molar-refractivity contribution in [2.24, 2.45) is 0 Å². The number of nitriles is 1. The molecule has 2 saturated heterocycles. The summed E-state index contributed by atoms with van der Waals surface area (Å²) in [7, 11) is 0. The third-order valence-electron chi connectivity index (χ3n) is 6.53. The maximum atomic E-state index is 12.6. The van der Waals surface area contributed by atoms with Crippen molar-refractivity contribution >= 4 is 40.1 Å². The lowest BCUT2D eigenvalue weighted by atomic mass is 9.97. The maximum Gasteiger partial charge on any atom is 0.410 e. The fraction of sp³-hybridized carbons (Fsp3) is 0.417. The van der Waals surface area contributed by atoms with Gasteiger partial charge in [-0.3, -0.25) is 0 Å². The standard InChI is InChI=1S/C24H25ClN6O2/c1-14(2)33-24(32)31-16-4-5-17(31)11-18(10-16)30-8-7-19-22(13-27-29-23(19)30)28-21-6-3-15(12-26)9-20(21)25/h3,6-9,13-14,16-18H,4-5,10-11H2,1-2H3,(H,28,29)/t16-,17-/m0/s1. The molecule has 9 heteroatoms. The predicted octanol–water partition coefficient (Wildman–Crippen LogP) is 5.41. The van der Waals surface area contributed by atoms with Gasteiger partial charge in [-0.15, -0.1) is 5.10 Å². The number of aromatic nitrogens is 3. The normalized spacial score (nSPS) is 21.9. The molecule has 2 aliphatic heterocycles. The lowest BCUT2D eigenvalue weighted by molar-refractivity contribution is 0.0418. The molecule has 8 nitrogen and oxygen atoms in total. The number of ether oxygens (including phenoxy) is 1. The Morgan fingerprint density at radius 1 is 1.21 bits per heavy atom. The van der Waals surface area contributed by atoms with E-state index in [-0.39, 0.29) is 30.3 Å². The Balaban J connectivity index is 1.39. The number of nitrogens with one attached hydrogen (secondary N) is 1. The zero-order valence-electron chi connectivity index (χ0n) is 18.5. The van der Waals surface area contributed by atoms with Crippen LogP contribution in [0.4, 0.5) is 16.2 Å². The second-order valence-electron chi connectivity index (χ2n) is 9.00. The molecule has 2 bridgehead atoms. The Bertz CT molecular complexity index is 1240. The van der Waals surface area contributed by atoms with Gasteiger partial charge in [0.05, 0.1) is 40.3 Å². The molecule has 0 unspecified atom stereocenters. The number of benzene rings is 1. The zero-order chi connectivity index (χ0) is 23.1. The molecule has 0 saturated carbocycles. The second-order valence-corrected chi connectivity index (χ2v) is 9.41. The predicted molar refractivity (Wildman–Crippen MR) is 126 cm³/mol. The highest BCUT2D eigenvalue weighted by molar-refractivity contribution is 6.33. The van der Waals surface area contributed by atoms with Gasteiger partial charge < -0.3 is 19.5 Å². The molecule has 2 aliphatic rings. The van der Waals surface area contributed by atoms with Gasteiger partial charge in [-0.05, 0) is 63.8 Å². The number of carbonyl (C=O) groups excluding carboxylic acids is 1. The lowest BCUT2D eigenvalue weighted by Crippen LogP contribution is -2.47. The van der Waals surface area contributed by atoms with Crippen molar-refractivity contribution in [3.63, 3.8) is 0 Å². The number of nitrogens with zero attached hydrogens (tertiary/aromatic N) is 5. The summed E-state index contributed by atoms with van der Waals surface area (Å²) in [5.74, 6) is 0. The molecule has 0 aliphatic carbocycles. The molecule has 33 heavy (non-hydrogen) atoms. The summed E-state index contributed by atoms with van der Waals surface area (Å²) in [6.45, 7) is 3.77. The van der Waals surface area contributed by atoms with E-state index in [9.17, 15) is 4.79 Å². The Morgan fingerprint density at radius 3 is 2.64 bits per heavy atom. The van der Waals surface area contributed by atoms with Crippen LogP contribution >= 0.6 is 11.6 Å². The fourth-order valence-corrected chi connectivity index (χ4v) is 5.35. The molecule has 0 spiro atoms. The van der Waals surface area contributed by atoms with Crippen molar-refractivity contribution in [2.45, 2.75) is 63.8 Å². The van der Waals surface area contributed by atoms with Crippen LogP contribution in [-0.2, 0) is 4.74 Å². The molecule has 2 fully saturated rings. The molecule has 4 heterocycles. The Labute approximate surface area is 197 Å². The quantitative estimate of drug-likeness (QED) is 0.554. The van der Waals surface area contributed by atoms with Crippen molar-refractivity contribution in [3.8, 4) is 6.07 Å². The van der Waals surface area contributed by atoms with Crippen molar-refractivity contribution < 1.29 is 9.53 Å². The number of rotatable bonds is 4. The van der Waals surface area contributed by atoms with Gasteiger partial charge in [0.15, 0.2) is 5.65 Å². The number of hydrogen-bond donors (Lipinski definition) is 1. The number of hydrogen-bond acceptors (Lipinski definition) is 6. The first-order valence-electron chi connectivity index (χ1n) is 11.2. The van der Waals surface area contributed by atoms with Crippen LogP contribution < -0.4 is 5.32 Å². The molecule has 3 aromatic rings. The van der Waals surface area contributed by atoms with E-state index < -0.39 is 0 Å². The molecule has 1 N–H and O–H groups in total. The Kier molecular flexibility index (Phi) is 5.59. The van der Waals surface area contributed by atoms with Crippen molar-refractivity contribution in [3.05, 3.63) is 47.2 Å².